The first kappa shape index (κ1) is 10.9. The summed E-state index contributed by atoms with van der Waals surface area (Å²) in [4.78, 5) is 16.1. The van der Waals surface area contributed by atoms with Crippen LogP contribution in [0.2, 0.25) is 0 Å². The van der Waals surface area contributed by atoms with Gasteiger partial charge in [0.05, 0.1) is 30.2 Å². The number of amides is 1. The highest BCUT2D eigenvalue weighted by Crippen LogP contribution is 2.62. The van der Waals surface area contributed by atoms with Gasteiger partial charge in [-0.2, -0.15) is 0 Å². The van der Waals surface area contributed by atoms with Crippen LogP contribution in [0.5, 0.6) is 0 Å². The average molecular weight is 254 g/mol. The molecule has 2 aromatic rings. The van der Waals surface area contributed by atoms with E-state index in [0.29, 0.717) is 13.2 Å². The van der Waals surface area contributed by atoms with E-state index in [1.807, 2.05) is 24.4 Å². The van der Waals surface area contributed by atoms with E-state index in [1.165, 1.54) is 0 Å². The van der Waals surface area contributed by atoms with Crippen LogP contribution in [-0.4, -0.2) is 24.1 Å². The van der Waals surface area contributed by atoms with Crippen molar-refractivity contribution in [3.63, 3.8) is 0 Å². The van der Waals surface area contributed by atoms with E-state index >= 15 is 0 Å². The molecule has 4 heteroatoms. The molecule has 19 heavy (non-hydrogen) atoms. The first-order chi connectivity index (χ1) is 9.23. The Morgan fingerprint density at radius 2 is 2.16 bits per heavy atom. The lowest BCUT2D eigenvalue weighted by Gasteiger charge is -2.13. The van der Waals surface area contributed by atoms with Crippen molar-refractivity contribution in [3.8, 4) is 0 Å². The van der Waals surface area contributed by atoms with Crippen LogP contribution in [0.25, 0.3) is 10.8 Å². The molecule has 1 saturated heterocycles. The van der Waals surface area contributed by atoms with E-state index in [9.17, 15) is 4.79 Å². The summed E-state index contributed by atoms with van der Waals surface area (Å²) in [5.41, 5.74) is 6.18. The number of carbonyl (C=O) groups excluding carboxylic acids is 1. The molecule has 1 amide bonds. The highest BCUT2D eigenvalue weighted by Gasteiger charge is 2.72. The lowest BCUT2D eigenvalue weighted by atomic mass is 9.97. The summed E-state index contributed by atoms with van der Waals surface area (Å²) in [6, 6.07) is 10.2. The molecular weight excluding hydrogens is 240 g/mol. The van der Waals surface area contributed by atoms with Crippen LogP contribution < -0.4 is 5.73 Å². The normalized spacial score (nSPS) is 32.2. The van der Waals surface area contributed by atoms with Crippen molar-refractivity contribution in [2.45, 2.75) is 5.41 Å². The zero-order valence-corrected chi connectivity index (χ0v) is 10.4. The van der Waals surface area contributed by atoms with E-state index in [-0.39, 0.29) is 23.2 Å². The fraction of sp³-hybridized carbons (Fsp3) is 0.333. The van der Waals surface area contributed by atoms with Crippen molar-refractivity contribution in [3.05, 3.63) is 42.2 Å². The first-order valence-electron chi connectivity index (χ1n) is 6.46. The number of aromatic nitrogens is 1. The third kappa shape index (κ3) is 1.32. The minimum atomic E-state index is -0.268. The number of rotatable bonds is 2. The number of hydrogen-bond donors (Lipinski definition) is 1. The number of nitrogens with two attached hydrogens (primary N) is 1. The Labute approximate surface area is 110 Å². The summed E-state index contributed by atoms with van der Waals surface area (Å²) < 4.78 is 5.51. The number of primary amides is 1. The molecule has 1 saturated carbocycles. The summed E-state index contributed by atoms with van der Waals surface area (Å²) >= 11 is 0. The van der Waals surface area contributed by atoms with Gasteiger partial charge in [0.2, 0.25) is 5.91 Å². The van der Waals surface area contributed by atoms with Gasteiger partial charge >= 0.3 is 0 Å². The highest BCUT2D eigenvalue weighted by atomic mass is 16.5. The minimum absolute atomic E-state index is 0.116. The predicted molar refractivity (Wildman–Crippen MR) is 70.4 cm³/mol. The maximum Gasteiger partial charge on any atom is 0.222 e. The average Bonchev–Trinajstić information content (AvgIpc) is 2.89. The molecule has 4 rings (SSSR count). The van der Waals surface area contributed by atoms with Gasteiger partial charge in [0.15, 0.2) is 0 Å². The van der Waals surface area contributed by atoms with Crippen molar-refractivity contribution in [1.82, 2.24) is 4.98 Å². The summed E-state index contributed by atoms with van der Waals surface area (Å²) in [6.45, 7) is 1.17. The quantitative estimate of drug-likeness (QED) is 0.876. The van der Waals surface area contributed by atoms with Gasteiger partial charge in [-0.15, -0.1) is 0 Å². The minimum Gasteiger partial charge on any atom is -0.380 e. The standard InChI is InChI=1S/C15H14N2O2/c16-14(18)13-11-7-19-8-15(11,13)12-5-9-3-1-2-4-10(9)6-17-12/h1-6,11,13H,7-8H2,(H2,16,18). The Kier molecular flexibility index (Phi) is 2.04. The zero-order chi connectivity index (χ0) is 13.0. The Hall–Kier alpha value is -1.94. The molecular formula is C15H14N2O2. The number of carbonyl (C=O) groups is 1. The highest BCUT2D eigenvalue weighted by molar-refractivity contribution is 5.86. The molecule has 4 nitrogen and oxygen atoms in total. The summed E-state index contributed by atoms with van der Waals surface area (Å²) in [7, 11) is 0. The fourth-order valence-corrected chi connectivity index (χ4v) is 3.53. The fourth-order valence-electron chi connectivity index (χ4n) is 3.53. The number of benzene rings is 1. The number of hydrogen-bond acceptors (Lipinski definition) is 3. The molecule has 96 valence electrons. The van der Waals surface area contributed by atoms with Crippen LogP contribution >= 0.6 is 0 Å². The molecule has 3 unspecified atom stereocenters. The molecule has 1 aliphatic heterocycles. The third-order valence-corrected chi connectivity index (χ3v) is 4.56. The van der Waals surface area contributed by atoms with Crippen molar-refractivity contribution in [1.29, 1.82) is 0 Å². The van der Waals surface area contributed by atoms with Gasteiger partial charge in [0.1, 0.15) is 0 Å². The van der Waals surface area contributed by atoms with Crippen molar-refractivity contribution < 1.29 is 9.53 Å². The molecule has 2 aliphatic rings. The third-order valence-electron chi connectivity index (χ3n) is 4.56. The molecule has 1 aromatic carbocycles. The molecule has 0 spiro atoms. The molecule has 2 N–H and O–H groups in total. The van der Waals surface area contributed by atoms with Gasteiger partial charge in [-0.3, -0.25) is 9.78 Å². The van der Waals surface area contributed by atoms with E-state index in [1.54, 1.807) is 0 Å². The second kappa shape index (κ2) is 3.54. The van der Waals surface area contributed by atoms with Crippen LogP contribution in [0.1, 0.15) is 5.69 Å². The van der Waals surface area contributed by atoms with Crippen LogP contribution in [-0.2, 0) is 14.9 Å². The van der Waals surface area contributed by atoms with Gasteiger partial charge in [0, 0.05) is 17.5 Å². The van der Waals surface area contributed by atoms with E-state index in [4.69, 9.17) is 10.5 Å². The first-order valence-corrected chi connectivity index (χ1v) is 6.46. The van der Waals surface area contributed by atoms with Gasteiger partial charge in [-0.05, 0) is 11.5 Å². The summed E-state index contributed by atoms with van der Waals surface area (Å²) in [5, 5.41) is 2.25. The lowest BCUT2D eigenvalue weighted by Crippen LogP contribution is -2.25. The topological polar surface area (TPSA) is 65.2 Å². The Bertz CT molecular complexity index is 685. The van der Waals surface area contributed by atoms with E-state index in [0.717, 1.165) is 16.5 Å². The number of ether oxygens (including phenoxy) is 1. The zero-order valence-electron chi connectivity index (χ0n) is 10.4. The number of pyridine rings is 1. The van der Waals surface area contributed by atoms with Crippen molar-refractivity contribution >= 4 is 16.7 Å². The summed E-state index contributed by atoms with van der Waals surface area (Å²) in [6.07, 6.45) is 1.87. The Morgan fingerprint density at radius 1 is 1.37 bits per heavy atom. The van der Waals surface area contributed by atoms with Crippen LogP contribution in [0.3, 0.4) is 0 Å². The Morgan fingerprint density at radius 3 is 2.89 bits per heavy atom. The van der Waals surface area contributed by atoms with Gasteiger partial charge in [-0.25, -0.2) is 0 Å². The van der Waals surface area contributed by atoms with E-state index in [2.05, 4.69) is 17.1 Å². The maximum absolute atomic E-state index is 11.6. The molecule has 2 fully saturated rings. The smallest absolute Gasteiger partial charge is 0.222 e. The van der Waals surface area contributed by atoms with Gasteiger partial charge < -0.3 is 10.5 Å². The maximum atomic E-state index is 11.6. The predicted octanol–water partition coefficient (Wildman–Crippen LogP) is 1.23. The number of fused-ring (bicyclic) bond motifs is 2. The van der Waals surface area contributed by atoms with Gasteiger partial charge in [0.25, 0.3) is 0 Å². The monoisotopic (exact) mass is 254 g/mol. The SMILES string of the molecule is NC(=O)C1C2COCC21c1cc2ccccc2cn1. The number of nitrogens with zero attached hydrogens (tertiary/aromatic N) is 1. The lowest BCUT2D eigenvalue weighted by molar-refractivity contribution is -0.120. The second-order valence-corrected chi connectivity index (χ2v) is 5.46. The molecule has 2 heterocycles. The van der Waals surface area contributed by atoms with Crippen LogP contribution in [0, 0.1) is 11.8 Å². The molecule has 0 radical (unpaired) electrons. The van der Waals surface area contributed by atoms with Crippen molar-refractivity contribution in [2.75, 3.05) is 13.2 Å². The summed E-state index contributed by atoms with van der Waals surface area (Å²) in [5.74, 6) is -0.142. The molecule has 3 atom stereocenters. The second-order valence-electron chi connectivity index (χ2n) is 5.46. The largest absolute Gasteiger partial charge is 0.380 e. The van der Waals surface area contributed by atoms with Crippen LogP contribution in [0.15, 0.2) is 36.5 Å². The van der Waals surface area contributed by atoms with Gasteiger partial charge in [-0.1, -0.05) is 24.3 Å². The Balaban J connectivity index is 1.84. The van der Waals surface area contributed by atoms with Crippen molar-refractivity contribution in [2.24, 2.45) is 17.6 Å². The molecule has 1 aromatic heterocycles. The van der Waals surface area contributed by atoms with E-state index < -0.39 is 0 Å². The van der Waals surface area contributed by atoms with Crippen LogP contribution in [0.4, 0.5) is 0 Å². The molecule has 1 aliphatic carbocycles. The molecule has 0 bridgehead atoms.